The summed E-state index contributed by atoms with van der Waals surface area (Å²) in [6.45, 7) is 22.1. The van der Waals surface area contributed by atoms with Crippen molar-refractivity contribution in [3.8, 4) is 0 Å². The summed E-state index contributed by atoms with van der Waals surface area (Å²) in [6, 6.07) is 0. The van der Waals surface area contributed by atoms with Gasteiger partial charge in [-0.25, -0.2) is 0 Å². The van der Waals surface area contributed by atoms with Gasteiger partial charge in [-0.05, 0) is 50.4 Å². The van der Waals surface area contributed by atoms with Crippen LogP contribution in [0.15, 0.2) is 0 Å². The highest BCUT2D eigenvalue weighted by molar-refractivity contribution is 5.81. The van der Waals surface area contributed by atoms with Crippen molar-refractivity contribution in [3.63, 3.8) is 0 Å². The van der Waals surface area contributed by atoms with Crippen LogP contribution in [-0.2, 0) is 9.59 Å². The lowest BCUT2D eigenvalue weighted by Crippen LogP contribution is -2.38. The molecule has 3 fully saturated rings. The van der Waals surface area contributed by atoms with Gasteiger partial charge >= 0.3 is 0 Å². The molecule has 0 aromatic rings. The molecule has 2 heterocycles. The first kappa shape index (κ1) is 29.1. The summed E-state index contributed by atoms with van der Waals surface area (Å²) in [7, 11) is 0. The maximum atomic E-state index is 11.6. The maximum Gasteiger partial charge on any atom is 0.225 e. The molecule has 0 N–H and O–H groups in total. The molecule has 0 spiro atoms. The van der Waals surface area contributed by atoms with E-state index in [2.05, 4.69) is 18.7 Å². The normalized spacial score (nSPS) is 19.3. The smallest absolute Gasteiger partial charge is 0.225 e. The van der Waals surface area contributed by atoms with Gasteiger partial charge in [0, 0.05) is 39.0 Å². The van der Waals surface area contributed by atoms with Crippen molar-refractivity contribution >= 4 is 11.8 Å². The second-order valence-electron chi connectivity index (χ2n) is 7.47. The molecule has 0 unspecified atom stereocenters. The predicted octanol–water partition coefficient (Wildman–Crippen LogP) is 6.00. The molecule has 0 radical (unpaired) electrons. The summed E-state index contributed by atoms with van der Waals surface area (Å²) in [4.78, 5) is 26.4. The van der Waals surface area contributed by atoms with Crippen LogP contribution in [0.2, 0.25) is 0 Å². The molecule has 1 saturated carbocycles. The fourth-order valence-corrected chi connectivity index (χ4v) is 3.14. The molecule has 2 amide bonds. The number of rotatable bonds is 1. The van der Waals surface area contributed by atoms with E-state index in [1.807, 2.05) is 46.4 Å². The Morgan fingerprint density at radius 1 is 0.607 bits per heavy atom. The first-order valence-electron chi connectivity index (χ1n) is 12.0. The number of hydrogen-bond acceptors (Lipinski definition) is 2. The summed E-state index contributed by atoms with van der Waals surface area (Å²) >= 11 is 0. The molecule has 2 saturated heterocycles. The molecule has 3 aliphatic rings. The molecule has 0 aromatic carbocycles. The number of likely N-dealkylation sites (tertiary alicyclic amines) is 2. The van der Waals surface area contributed by atoms with Crippen molar-refractivity contribution < 1.29 is 9.59 Å². The van der Waals surface area contributed by atoms with Crippen LogP contribution in [0, 0.1) is 17.8 Å². The van der Waals surface area contributed by atoms with E-state index < -0.39 is 0 Å². The number of carbonyl (C=O) groups is 2. The summed E-state index contributed by atoms with van der Waals surface area (Å²) in [6.07, 6.45) is 7.06. The Kier molecular flexibility index (Phi) is 18.7. The minimum absolute atomic E-state index is 0.229. The SMILES string of the molecule is CC.CC.CC.CC(=O)N1CCC(C)CC1.CC1CCN(C(=O)C2CC2)CC1. The van der Waals surface area contributed by atoms with Crippen LogP contribution in [0.25, 0.3) is 0 Å². The van der Waals surface area contributed by atoms with Crippen LogP contribution in [0.4, 0.5) is 0 Å². The quantitative estimate of drug-likeness (QED) is 0.543. The van der Waals surface area contributed by atoms with Gasteiger partial charge in [-0.15, -0.1) is 0 Å². The number of hydrogen-bond donors (Lipinski definition) is 0. The Bertz CT molecular complexity index is 378. The van der Waals surface area contributed by atoms with Gasteiger partial charge in [0.25, 0.3) is 0 Å². The minimum atomic E-state index is 0.229. The van der Waals surface area contributed by atoms with Gasteiger partial charge in [-0.2, -0.15) is 0 Å². The molecule has 4 heteroatoms. The maximum absolute atomic E-state index is 11.6. The average Bonchev–Trinajstić information content (AvgIpc) is 3.59. The lowest BCUT2D eigenvalue weighted by atomic mass is 9.99. The topological polar surface area (TPSA) is 40.6 Å². The van der Waals surface area contributed by atoms with Crippen LogP contribution < -0.4 is 0 Å². The monoisotopic (exact) mass is 398 g/mol. The first-order valence-corrected chi connectivity index (χ1v) is 12.0. The zero-order chi connectivity index (χ0) is 22.1. The van der Waals surface area contributed by atoms with E-state index >= 15 is 0 Å². The predicted molar refractivity (Wildman–Crippen MR) is 122 cm³/mol. The lowest BCUT2D eigenvalue weighted by molar-refractivity contribution is -0.134. The molecule has 4 nitrogen and oxygen atoms in total. The van der Waals surface area contributed by atoms with Crippen LogP contribution in [0.1, 0.15) is 101 Å². The summed E-state index contributed by atoms with van der Waals surface area (Å²) < 4.78 is 0. The van der Waals surface area contributed by atoms with Crippen molar-refractivity contribution in [2.24, 2.45) is 17.8 Å². The first-order chi connectivity index (χ1) is 13.5. The molecule has 168 valence electrons. The third-order valence-electron chi connectivity index (χ3n) is 5.25. The lowest BCUT2D eigenvalue weighted by Gasteiger charge is -2.30. The Labute approximate surface area is 176 Å². The third kappa shape index (κ3) is 12.4. The Hall–Kier alpha value is -1.06. The van der Waals surface area contributed by atoms with E-state index in [0.29, 0.717) is 11.8 Å². The highest BCUT2D eigenvalue weighted by atomic mass is 16.2. The second-order valence-corrected chi connectivity index (χ2v) is 7.47. The minimum Gasteiger partial charge on any atom is -0.343 e. The highest BCUT2D eigenvalue weighted by Crippen LogP contribution is 2.32. The molecule has 3 rings (SSSR count). The summed E-state index contributed by atoms with van der Waals surface area (Å²) in [5, 5.41) is 0. The Morgan fingerprint density at radius 2 is 0.929 bits per heavy atom. The third-order valence-corrected chi connectivity index (χ3v) is 5.25. The molecule has 0 aromatic heterocycles. The molecular formula is C24H50N2O2. The van der Waals surface area contributed by atoms with E-state index in [0.717, 1.165) is 50.9 Å². The van der Waals surface area contributed by atoms with Crippen molar-refractivity contribution in [2.75, 3.05) is 26.2 Å². The number of carbonyl (C=O) groups excluding carboxylic acids is 2. The van der Waals surface area contributed by atoms with Gasteiger partial charge in [-0.1, -0.05) is 55.4 Å². The van der Waals surface area contributed by atoms with Crippen molar-refractivity contribution in [1.29, 1.82) is 0 Å². The molecule has 2 aliphatic heterocycles. The molecular weight excluding hydrogens is 348 g/mol. The standard InChI is InChI=1S/C10H17NO.C8H15NO.3C2H6/c1-8-4-6-11(7-5-8)10(12)9-2-3-9;1-7-3-5-9(6-4-7)8(2)10;3*1-2/h8-9H,2-7H2,1H3;7H,3-6H2,1-2H3;3*1-2H3. The van der Waals surface area contributed by atoms with Crippen LogP contribution in [-0.4, -0.2) is 47.8 Å². The largest absolute Gasteiger partial charge is 0.343 e. The Morgan fingerprint density at radius 3 is 1.21 bits per heavy atom. The van der Waals surface area contributed by atoms with Gasteiger partial charge in [0.1, 0.15) is 0 Å². The van der Waals surface area contributed by atoms with Crippen molar-refractivity contribution in [2.45, 2.75) is 101 Å². The number of nitrogens with zero attached hydrogens (tertiary/aromatic N) is 2. The van der Waals surface area contributed by atoms with E-state index in [-0.39, 0.29) is 5.91 Å². The number of piperidine rings is 2. The van der Waals surface area contributed by atoms with Crippen LogP contribution in [0.5, 0.6) is 0 Å². The van der Waals surface area contributed by atoms with E-state index in [1.54, 1.807) is 6.92 Å². The number of amides is 2. The van der Waals surface area contributed by atoms with Gasteiger partial charge in [0.05, 0.1) is 0 Å². The molecule has 28 heavy (non-hydrogen) atoms. The fraction of sp³-hybridized carbons (Fsp3) is 0.917. The molecule has 1 aliphatic carbocycles. The highest BCUT2D eigenvalue weighted by Gasteiger charge is 2.34. The molecule has 0 bridgehead atoms. The van der Waals surface area contributed by atoms with Crippen molar-refractivity contribution in [3.05, 3.63) is 0 Å². The zero-order valence-corrected chi connectivity index (χ0v) is 20.5. The van der Waals surface area contributed by atoms with Crippen molar-refractivity contribution in [1.82, 2.24) is 9.80 Å². The van der Waals surface area contributed by atoms with E-state index in [9.17, 15) is 9.59 Å². The van der Waals surface area contributed by atoms with Gasteiger partial charge in [0.2, 0.25) is 11.8 Å². The average molecular weight is 399 g/mol. The Balaban J connectivity index is 0. The van der Waals surface area contributed by atoms with Gasteiger partial charge in [-0.3, -0.25) is 9.59 Å². The second kappa shape index (κ2) is 18.0. The fourth-order valence-electron chi connectivity index (χ4n) is 3.14. The van der Waals surface area contributed by atoms with E-state index in [1.165, 1.54) is 25.7 Å². The van der Waals surface area contributed by atoms with Gasteiger partial charge in [0.15, 0.2) is 0 Å². The molecule has 0 atom stereocenters. The van der Waals surface area contributed by atoms with Crippen LogP contribution in [0.3, 0.4) is 0 Å². The summed E-state index contributed by atoms with van der Waals surface area (Å²) in [5.74, 6) is 2.72. The van der Waals surface area contributed by atoms with E-state index in [4.69, 9.17) is 0 Å². The zero-order valence-electron chi connectivity index (χ0n) is 20.5. The summed E-state index contributed by atoms with van der Waals surface area (Å²) in [5.41, 5.74) is 0. The van der Waals surface area contributed by atoms with Gasteiger partial charge < -0.3 is 9.80 Å². The van der Waals surface area contributed by atoms with Crippen LogP contribution >= 0.6 is 0 Å².